The van der Waals surface area contributed by atoms with Crippen molar-refractivity contribution >= 4 is 0 Å². The number of aliphatic hydroxyl groups is 1. The van der Waals surface area contributed by atoms with Crippen LogP contribution >= 0.6 is 0 Å². The van der Waals surface area contributed by atoms with Crippen LogP contribution in [0, 0.1) is 0 Å². The summed E-state index contributed by atoms with van der Waals surface area (Å²) in [5.41, 5.74) is -0.826. The Hall–Kier alpha value is -1.10. The lowest BCUT2D eigenvalue weighted by Gasteiger charge is -2.37. The molecule has 0 aromatic heterocycles. The van der Waals surface area contributed by atoms with Crippen molar-refractivity contribution in [2.45, 2.75) is 57.5 Å². The van der Waals surface area contributed by atoms with Crippen molar-refractivity contribution in [1.82, 2.24) is 0 Å². The van der Waals surface area contributed by atoms with Crippen molar-refractivity contribution in [3.63, 3.8) is 0 Å². The maximum Gasteiger partial charge on any atom is 0.270 e. The van der Waals surface area contributed by atoms with Crippen LogP contribution in [0.3, 0.4) is 0 Å². The van der Waals surface area contributed by atoms with Crippen molar-refractivity contribution in [2.75, 3.05) is 0 Å². The molecule has 1 unspecified atom stereocenters. The zero-order valence-corrected chi connectivity index (χ0v) is 11.8. The summed E-state index contributed by atoms with van der Waals surface area (Å²) < 4.78 is 52.1. The molecule has 0 radical (unpaired) electrons. The van der Waals surface area contributed by atoms with Gasteiger partial charge >= 0.3 is 0 Å². The van der Waals surface area contributed by atoms with E-state index < -0.39 is 23.9 Å². The second-order valence-electron chi connectivity index (χ2n) is 5.11. The standard InChI is InChI=1S/C15H20F4O/c1-4-15(5-2,12(20)13(16)17)11-8-6-10(7-9-11)14(3,18)19/h6-9,12-13,20H,4-5H2,1-3H3. The number of aliphatic hydroxyl groups excluding tert-OH is 1. The molecule has 0 amide bonds. The molecule has 1 nitrogen and oxygen atoms in total. The van der Waals surface area contributed by atoms with Crippen LogP contribution in [0.2, 0.25) is 0 Å². The van der Waals surface area contributed by atoms with Crippen LogP contribution < -0.4 is 0 Å². The van der Waals surface area contributed by atoms with Crippen molar-refractivity contribution in [3.8, 4) is 0 Å². The first-order valence-corrected chi connectivity index (χ1v) is 6.64. The molecule has 5 heteroatoms. The highest BCUT2D eigenvalue weighted by Gasteiger charge is 2.41. The normalized spacial score (nSPS) is 14.7. The lowest BCUT2D eigenvalue weighted by molar-refractivity contribution is -0.0558. The number of rotatable bonds is 6. The van der Waals surface area contributed by atoms with Gasteiger partial charge in [0, 0.05) is 17.9 Å². The maximum atomic E-state index is 13.2. The predicted octanol–water partition coefficient (Wildman–Crippen LogP) is 4.48. The summed E-state index contributed by atoms with van der Waals surface area (Å²) in [4.78, 5) is 0. The Bertz CT molecular complexity index is 418. The Morgan fingerprint density at radius 2 is 1.40 bits per heavy atom. The van der Waals surface area contributed by atoms with E-state index in [0.717, 1.165) is 6.92 Å². The molecule has 1 N–H and O–H groups in total. The molecular formula is C15H20F4O. The molecule has 0 aliphatic carbocycles. The van der Waals surface area contributed by atoms with Crippen LogP contribution in [0.5, 0.6) is 0 Å². The van der Waals surface area contributed by atoms with Crippen LogP contribution in [0.25, 0.3) is 0 Å². The molecule has 1 rings (SSSR count). The Balaban J connectivity index is 3.23. The number of alkyl halides is 4. The van der Waals surface area contributed by atoms with E-state index in [1.165, 1.54) is 24.3 Å². The van der Waals surface area contributed by atoms with E-state index >= 15 is 0 Å². The number of halogens is 4. The summed E-state index contributed by atoms with van der Waals surface area (Å²) in [6.45, 7) is 4.19. The Kier molecular flexibility index (Phi) is 5.19. The lowest BCUT2D eigenvalue weighted by atomic mass is 9.71. The maximum absolute atomic E-state index is 13.2. The van der Waals surface area contributed by atoms with Gasteiger partial charge in [-0.05, 0) is 18.4 Å². The fourth-order valence-corrected chi connectivity index (χ4v) is 2.58. The molecule has 1 aromatic carbocycles. The summed E-state index contributed by atoms with van der Waals surface area (Å²) in [6.07, 6.45) is -4.08. The molecule has 0 heterocycles. The highest BCUT2D eigenvalue weighted by molar-refractivity contribution is 5.32. The highest BCUT2D eigenvalue weighted by atomic mass is 19.3. The average molecular weight is 292 g/mol. The zero-order chi connectivity index (χ0) is 15.6. The largest absolute Gasteiger partial charge is 0.386 e. The van der Waals surface area contributed by atoms with Crippen LogP contribution in [0.4, 0.5) is 17.6 Å². The molecule has 1 aromatic rings. The molecule has 0 spiro atoms. The van der Waals surface area contributed by atoms with Crippen molar-refractivity contribution in [1.29, 1.82) is 0 Å². The summed E-state index contributed by atoms with van der Waals surface area (Å²) >= 11 is 0. The smallest absolute Gasteiger partial charge is 0.270 e. The van der Waals surface area contributed by atoms with Gasteiger partial charge in [-0.15, -0.1) is 0 Å². The van der Waals surface area contributed by atoms with Crippen molar-refractivity contribution < 1.29 is 22.7 Å². The summed E-state index contributed by atoms with van der Waals surface area (Å²) in [7, 11) is 0. The van der Waals surface area contributed by atoms with Gasteiger partial charge in [-0.3, -0.25) is 0 Å². The minimum atomic E-state index is -2.97. The van der Waals surface area contributed by atoms with Gasteiger partial charge in [0.25, 0.3) is 12.3 Å². The third-order valence-electron chi connectivity index (χ3n) is 4.03. The molecule has 114 valence electrons. The first-order chi connectivity index (χ1) is 9.19. The Morgan fingerprint density at radius 3 is 1.70 bits per heavy atom. The average Bonchev–Trinajstić information content (AvgIpc) is 2.40. The van der Waals surface area contributed by atoms with Crippen LogP contribution in [-0.2, 0) is 11.3 Å². The van der Waals surface area contributed by atoms with E-state index in [-0.39, 0.29) is 5.56 Å². The number of benzene rings is 1. The SMILES string of the molecule is CCC(CC)(c1ccc(C(C)(F)F)cc1)C(O)C(F)F. The minimum Gasteiger partial charge on any atom is -0.386 e. The summed E-state index contributed by atoms with van der Waals surface area (Å²) in [5, 5.41) is 9.82. The predicted molar refractivity (Wildman–Crippen MR) is 70.3 cm³/mol. The van der Waals surface area contributed by atoms with Gasteiger partial charge in [0.15, 0.2) is 0 Å². The second kappa shape index (κ2) is 6.12. The van der Waals surface area contributed by atoms with E-state index in [1.807, 2.05) is 0 Å². The van der Waals surface area contributed by atoms with E-state index in [2.05, 4.69) is 0 Å². The van der Waals surface area contributed by atoms with Gasteiger partial charge in [0.05, 0.1) is 0 Å². The summed E-state index contributed by atoms with van der Waals surface area (Å²) in [6, 6.07) is 5.28. The lowest BCUT2D eigenvalue weighted by Crippen LogP contribution is -2.43. The molecule has 0 aliphatic rings. The highest BCUT2D eigenvalue weighted by Crippen LogP contribution is 2.38. The number of hydrogen-bond acceptors (Lipinski definition) is 1. The molecular weight excluding hydrogens is 272 g/mol. The molecule has 1 atom stereocenters. The first kappa shape index (κ1) is 17.0. The van der Waals surface area contributed by atoms with Crippen molar-refractivity contribution in [2.24, 2.45) is 0 Å². The molecule has 0 saturated carbocycles. The fraction of sp³-hybridized carbons (Fsp3) is 0.600. The third kappa shape index (κ3) is 3.14. The van der Waals surface area contributed by atoms with Crippen molar-refractivity contribution in [3.05, 3.63) is 35.4 Å². The van der Waals surface area contributed by atoms with E-state index in [4.69, 9.17) is 0 Å². The van der Waals surface area contributed by atoms with E-state index in [1.54, 1.807) is 13.8 Å². The minimum absolute atomic E-state index is 0.172. The van der Waals surface area contributed by atoms with Gasteiger partial charge in [-0.25, -0.2) is 17.6 Å². The monoisotopic (exact) mass is 292 g/mol. The summed E-state index contributed by atoms with van der Waals surface area (Å²) in [5.74, 6) is -2.97. The van der Waals surface area contributed by atoms with Crippen LogP contribution in [0.1, 0.15) is 44.7 Å². The third-order valence-corrected chi connectivity index (χ3v) is 4.03. The fourth-order valence-electron chi connectivity index (χ4n) is 2.58. The van der Waals surface area contributed by atoms with Crippen LogP contribution in [-0.4, -0.2) is 17.6 Å². The Labute approximate surface area is 116 Å². The topological polar surface area (TPSA) is 20.2 Å². The van der Waals surface area contributed by atoms with E-state index in [0.29, 0.717) is 18.4 Å². The molecule has 0 aliphatic heterocycles. The van der Waals surface area contributed by atoms with Gasteiger partial charge in [0.1, 0.15) is 6.10 Å². The Morgan fingerprint density at radius 1 is 1.00 bits per heavy atom. The molecule has 0 fully saturated rings. The van der Waals surface area contributed by atoms with Crippen LogP contribution in [0.15, 0.2) is 24.3 Å². The van der Waals surface area contributed by atoms with E-state index in [9.17, 15) is 22.7 Å². The van der Waals surface area contributed by atoms with Gasteiger partial charge in [0.2, 0.25) is 0 Å². The van der Waals surface area contributed by atoms with Gasteiger partial charge in [-0.2, -0.15) is 0 Å². The quantitative estimate of drug-likeness (QED) is 0.766. The van der Waals surface area contributed by atoms with Gasteiger partial charge < -0.3 is 5.11 Å². The molecule has 0 saturated heterocycles. The molecule has 20 heavy (non-hydrogen) atoms. The zero-order valence-electron chi connectivity index (χ0n) is 11.8. The second-order valence-corrected chi connectivity index (χ2v) is 5.11. The van der Waals surface area contributed by atoms with Gasteiger partial charge in [-0.1, -0.05) is 38.1 Å². The molecule has 0 bridgehead atoms. The number of hydrogen-bond donors (Lipinski definition) is 1. The first-order valence-electron chi connectivity index (χ1n) is 6.64.